The van der Waals surface area contributed by atoms with Gasteiger partial charge in [0.25, 0.3) is 0 Å². The summed E-state index contributed by atoms with van der Waals surface area (Å²) in [6, 6.07) is 8.92. The lowest BCUT2D eigenvalue weighted by molar-refractivity contribution is -0.386. The highest BCUT2D eigenvalue weighted by Gasteiger charge is 2.28. The first kappa shape index (κ1) is 18.0. The molecular formula is C16H16ClFN2O4. The summed E-state index contributed by atoms with van der Waals surface area (Å²) in [5.74, 6) is -0.905. The molecule has 0 saturated heterocycles. The Morgan fingerprint density at radius 1 is 1.42 bits per heavy atom. The lowest BCUT2D eigenvalue weighted by atomic mass is 9.96. The number of hydrogen-bond acceptors (Lipinski definition) is 5. The molecule has 2 aromatic carbocycles. The summed E-state index contributed by atoms with van der Waals surface area (Å²) in [6.45, 7) is 1.38. The number of nitro groups is 1. The van der Waals surface area contributed by atoms with Gasteiger partial charge in [-0.05, 0) is 13.0 Å². The quantitative estimate of drug-likeness (QED) is 0.610. The number of hydrogen-bond donors (Lipinski definition) is 2. The molecule has 0 aromatic heterocycles. The van der Waals surface area contributed by atoms with Crippen LogP contribution in [-0.2, 0) is 5.60 Å². The van der Waals surface area contributed by atoms with Gasteiger partial charge in [-0.2, -0.15) is 4.39 Å². The van der Waals surface area contributed by atoms with Gasteiger partial charge < -0.3 is 15.2 Å². The van der Waals surface area contributed by atoms with E-state index in [0.29, 0.717) is 10.6 Å². The number of methoxy groups -OCH3 is 1. The number of nitrogens with one attached hydrogen (secondary N) is 1. The van der Waals surface area contributed by atoms with Crippen LogP contribution in [0.5, 0.6) is 5.75 Å². The third kappa shape index (κ3) is 3.74. The molecule has 0 saturated carbocycles. The van der Waals surface area contributed by atoms with Crippen molar-refractivity contribution in [2.75, 3.05) is 19.0 Å². The minimum Gasteiger partial charge on any atom is -0.497 e. The number of ether oxygens (including phenoxy) is 1. The lowest BCUT2D eigenvalue weighted by Crippen LogP contribution is -2.31. The average molecular weight is 355 g/mol. The van der Waals surface area contributed by atoms with Crippen LogP contribution in [0.4, 0.5) is 15.8 Å². The molecule has 0 fully saturated rings. The molecule has 0 radical (unpaired) electrons. The molecule has 8 heteroatoms. The number of anilines is 1. The van der Waals surface area contributed by atoms with Crippen molar-refractivity contribution in [3.05, 3.63) is 62.9 Å². The van der Waals surface area contributed by atoms with E-state index in [4.69, 9.17) is 16.3 Å². The minimum atomic E-state index is -1.42. The highest BCUT2D eigenvalue weighted by atomic mass is 35.5. The van der Waals surface area contributed by atoms with Gasteiger partial charge in [0.15, 0.2) is 0 Å². The first-order valence-electron chi connectivity index (χ1n) is 6.99. The van der Waals surface area contributed by atoms with Crippen molar-refractivity contribution >= 4 is 23.0 Å². The average Bonchev–Trinajstić information content (AvgIpc) is 2.52. The molecule has 2 N–H and O–H groups in total. The summed E-state index contributed by atoms with van der Waals surface area (Å²) in [5, 5.41) is 24.8. The van der Waals surface area contributed by atoms with E-state index in [1.165, 1.54) is 20.1 Å². The SMILES string of the molecule is COc1cc(F)c([N+](=O)[O-])c(NCC(C)(O)c2ccccc2Cl)c1. The highest BCUT2D eigenvalue weighted by molar-refractivity contribution is 6.31. The first-order valence-corrected chi connectivity index (χ1v) is 7.37. The van der Waals surface area contributed by atoms with Crippen LogP contribution in [0.1, 0.15) is 12.5 Å². The van der Waals surface area contributed by atoms with Crippen molar-refractivity contribution in [3.8, 4) is 5.75 Å². The summed E-state index contributed by atoms with van der Waals surface area (Å²) in [5.41, 5.74) is -1.79. The summed E-state index contributed by atoms with van der Waals surface area (Å²) >= 11 is 6.07. The van der Waals surface area contributed by atoms with Gasteiger partial charge in [0.1, 0.15) is 17.0 Å². The summed E-state index contributed by atoms with van der Waals surface area (Å²) < 4.78 is 18.8. The molecule has 0 aliphatic carbocycles. The lowest BCUT2D eigenvalue weighted by Gasteiger charge is -2.25. The highest BCUT2D eigenvalue weighted by Crippen LogP contribution is 2.34. The third-order valence-electron chi connectivity index (χ3n) is 3.53. The Balaban J connectivity index is 2.33. The van der Waals surface area contributed by atoms with Crippen molar-refractivity contribution in [1.82, 2.24) is 0 Å². The number of nitrogens with zero attached hydrogens (tertiary/aromatic N) is 1. The van der Waals surface area contributed by atoms with E-state index < -0.39 is 22.0 Å². The molecule has 0 aliphatic heterocycles. The standard InChI is InChI=1S/C16H16ClFN2O4/c1-16(21,11-5-3-4-6-12(11)17)9-19-14-8-10(24-2)7-13(18)15(14)20(22)23/h3-8,19,21H,9H2,1-2H3. The van der Waals surface area contributed by atoms with Gasteiger partial charge in [-0.25, -0.2) is 0 Å². The van der Waals surface area contributed by atoms with E-state index in [1.54, 1.807) is 24.3 Å². The molecule has 1 atom stereocenters. The van der Waals surface area contributed by atoms with Gasteiger partial charge in [0, 0.05) is 29.3 Å². The molecule has 0 amide bonds. The van der Waals surface area contributed by atoms with Crippen LogP contribution < -0.4 is 10.1 Å². The molecule has 1 unspecified atom stereocenters. The van der Waals surface area contributed by atoms with E-state index in [0.717, 1.165) is 6.07 Å². The largest absolute Gasteiger partial charge is 0.497 e. The number of rotatable bonds is 6. The Hall–Kier alpha value is -2.38. The maximum atomic E-state index is 13.9. The van der Waals surface area contributed by atoms with E-state index in [2.05, 4.69) is 5.32 Å². The normalized spacial score (nSPS) is 13.2. The zero-order valence-corrected chi connectivity index (χ0v) is 13.8. The topological polar surface area (TPSA) is 84.6 Å². The molecule has 24 heavy (non-hydrogen) atoms. The molecule has 0 spiro atoms. The zero-order valence-electron chi connectivity index (χ0n) is 13.0. The predicted molar refractivity (Wildman–Crippen MR) is 89.1 cm³/mol. The maximum absolute atomic E-state index is 13.9. The molecule has 2 aromatic rings. The smallest absolute Gasteiger partial charge is 0.327 e. The molecule has 2 rings (SSSR count). The second kappa shape index (κ2) is 7.02. The van der Waals surface area contributed by atoms with E-state index in [9.17, 15) is 19.6 Å². The maximum Gasteiger partial charge on any atom is 0.327 e. The van der Waals surface area contributed by atoms with Crippen LogP contribution in [0.2, 0.25) is 5.02 Å². The van der Waals surface area contributed by atoms with Crippen LogP contribution >= 0.6 is 11.6 Å². The van der Waals surface area contributed by atoms with Gasteiger partial charge >= 0.3 is 5.69 Å². The molecule has 6 nitrogen and oxygen atoms in total. The van der Waals surface area contributed by atoms with Gasteiger partial charge in [0.2, 0.25) is 5.82 Å². The Morgan fingerprint density at radius 3 is 2.67 bits per heavy atom. The fraction of sp³-hybridized carbons (Fsp3) is 0.250. The van der Waals surface area contributed by atoms with Crippen molar-refractivity contribution in [3.63, 3.8) is 0 Å². The van der Waals surface area contributed by atoms with Crippen LogP contribution in [-0.4, -0.2) is 23.7 Å². The molecule has 128 valence electrons. The second-order valence-corrected chi connectivity index (χ2v) is 5.78. The van der Waals surface area contributed by atoms with Crippen molar-refractivity contribution in [2.24, 2.45) is 0 Å². The van der Waals surface area contributed by atoms with E-state index in [-0.39, 0.29) is 18.0 Å². The summed E-state index contributed by atoms with van der Waals surface area (Å²) in [4.78, 5) is 10.3. The fourth-order valence-corrected chi connectivity index (χ4v) is 2.61. The third-order valence-corrected chi connectivity index (χ3v) is 3.86. The number of aliphatic hydroxyl groups is 1. The minimum absolute atomic E-state index is 0.0934. The van der Waals surface area contributed by atoms with Crippen LogP contribution in [0.25, 0.3) is 0 Å². The Morgan fingerprint density at radius 2 is 2.08 bits per heavy atom. The van der Waals surface area contributed by atoms with Crippen LogP contribution in [0, 0.1) is 15.9 Å². The molecular weight excluding hydrogens is 339 g/mol. The number of benzene rings is 2. The summed E-state index contributed by atoms with van der Waals surface area (Å²) in [7, 11) is 1.32. The number of halogens is 2. The molecule has 0 aliphatic rings. The second-order valence-electron chi connectivity index (χ2n) is 5.37. The molecule has 0 bridgehead atoms. The fourth-order valence-electron chi connectivity index (χ4n) is 2.27. The van der Waals surface area contributed by atoms with Crippen LogP contribution in [0.15, 0.2) is 36.4 Å². The van der Waals surface area contributed by atoms with Gasteiger partial charge in [-0.3, -0.25) is 10.1 Å². The van der Waals surface area contributed by atoms with Gasteiger partial charge in [-0.15, -0.1) is 0 Å². The molecule has 0 heterocycles. The van der Waals surface area contributed by atoms with Crippen molar-refractivity contribution in [2.45, 2.75) is 12.5 Å². The monoisotopic (exact) mass is 354 g/mol. The summed E-state index contributed by atoms with van der Waals surface area (Å²) in [6.07, 6.45) is 0. The van der Waals surface area contributed by atoms with E-state index >= 15 is 0 Å². The number of nitro benzene ring substituents is 1. The van der Waals surface area contributed by atoms with E-state index in [1.807, 2.05) is 0 Å². The zero-order chi connectivity index (χ0) is 17.9. The predicted octanol–water partition coefficient (Wildman–Crippen LogP) is 3.72. The first-order chi connectivity index (χ1) is 11.3. The van der Waals surface area contributed by atoms with Gasteiger partial charge in [0.05, 0.1) is 12.0 Å². The van der Waals surface area contributed by atoms with Crippen LogP contribution in [0.3, 0.4) is 0 Å². The van der Waals surface area contributed by atoms with Crippen molar-refractivity contribution < 1.29 is 19.2 Å². The van der Waals surface area contributed by atoms with Gasteiger partial charge in [-0.1, -0.05) is 29.8 Å². The van der Waals surface area contributed by atoms with Crippen molar-refractivity contribution in [1.29, 1.82) is 0 Å². The Labute approximate surface area is 143 Å². The Kier molecular flexibility index (Phi) is 5.26. The Bertz CT molecular complexity index is 768.